The van der Waals surface area contributed by atoms with Gasteiger partial charge >= 0.3 is 5.76 Å². The molecular formula is C23H22N6O4. The van der Waals surface area contributed by atoms with E-state index < -0.39 is 11.7 Å². The third-order valence-corrected chi connectivity index (χ3v) is 5.55. The lowest BCUT2D eigenvalue weighted by Gasteiger charge is -2.17. The van der Waals surface area contributed by atoms with Gasteiger partial charge in [0, 0.05) is 28.7 Å². The Hall–Kier alpha value is -4.34. The standard InChI is InChI=1S/C23H22N6O4/c1-11-10-25-22(29-21(11)26-13-5-8-17-16(9-13)28-23(31)33-17)27-15-7-6-14(20(24)30)19(32-2)18(15)12-3-4-12/h5-10,12H,3-4H2,1-2H3,(H2,24,30)(H,28,31)(H2,25,26,27,29). The predicted molar refractivity (Wildman–Crippen MR) is 124 cm³/mol. The summed E-state index contributed by atoms with van der Waals surface area (Å²) < 4.78 is 10.6. The number of nitrogens with zero attached hydrogens (tertiary/aromatic N) is 2. The molecule has 0 atom stereocenters. The minimum absolute atomic E-state index is 0.286. The highest BCUT2D eigenvalue weighted by Gasteiger charge is 2.32. The number of fused-ring (bicyclic) bond motifs is 1. The quantitative estimate of drug-likeness (QED) is 0.336. The molecule has 1 fully saturated rings. The minimum Gasteiger partial charge on any atom is -0.496 e. The number of aromatic nitrogens is 3. The number of primary amides is 1. The first kappa shape index (κ1) is 20.6. The Labute approximate surface area is 188 Å². The number of hydrogen-bond donors (Lipinski definition) is 4. The van der Waals surface area contributed by atoms with Crippen molar-refractivity contribution in [2.24, 2.45) is 5.73 Å². The molecule has 4 aromatic rings. The van der Waals surface area contributed by atoms with Gasteiger partial charge in [0.05, 0.1) is 18.2 Å². The Morgan fingerprint density at radius 1 is 1.24 bits per heavy atom. The Morgan fingerprint density at radius 2 is 2.06 bits per heavy atom. The molecule has 1 amide bonds. The van der Waals surface area contributed by atoms with Crippen LogP contribution in [0.2, 0.25) is 0 Å². The fourth-order valence-corrected chi connectivity index (χ4v) is 3.82. The van der Waals surface area contributed by atoms with Crippen LogP contribution in [0.4, 0.5) is 23.1 Å². The number of H-pyrrole nitrogens is 1. The van der Waals surface area contributed by atoms with E-state index in [9.17, 15) is 9.59 Å². The molecule has 2 heterocycles. The van der Waals surface area contributed by atoms with Crippen molar-refractivity contribution in [2.45, 2.75) is 25.7 Å². The number of ether oxygens (including phenoxy) is 1. The molecule has 5 N–H and O–H groups in total. The number of aromatic amines is 1. The Bertz CT molecular complexity index is 1440. The van der Waals surface area contributed by atoms with Crippen LogP contribution < -0.4 is 26.9 Å². The number of amides is 1. The van der Waals surface area contributed by atoms with Gasteiger partial charge < -0.3 is 25.5 Å². The van der Waals surface area contributed by atoms with Gasteiger partial charge in [-0.1, -0.05) is 0 Å². The normalized spacial score (nSPS) is 13.2. The summed E-state index contributed by atoms with van der Waals surface area (Å²) in [7, 11) is 1.53. The van der Waals surface area contributed by atoms with Crippen LogP contribution in [0.3, 0.4) is 0 Å². The highest BCUT2D eigenvalue weighted by molar-refractivity contribution is 5.97. The van der Waals surface area contributed by atoms with Crippen LogP contribution in [0.1, 0.15) is 40.2 Å². The first-order chi connectivity index (χ1) is 15.9. The second kappa shape index (κ2) is 7.97. The average molecular weight is 446 g/mol. The molecule has 2 aromatic heterocycles. The molecular weight excluding hydrogens is 424 g/mol. The second-order valence-corrected chi connectivity index (χ2v) is 7.95. The molecule has 5 rings (SSSR count). The summed E-state index contributed by atoms with van der Waals surface area (Å²) in [4.78, 5) is 34.9. The number of carbonyl (C=O) groups is 1. The summed E-state index contributed by atoms with van der Waals surface area (Å²) in [6, 6.07) is 8.72. The molecule has 33 heavy (non-hydrogen) atoms. The number of nitrogens with one attached hydrogen (secondary N) is 3. The van der Waals surface area contributed by atoms with Crippen LogP contribution in [-0.2, 0) is 0 Å². The zero-order chi connectivity index (χ0) is 23.1. The molecule has 1 aliphatic carbocycles. The van der Waals surface area contributed by atoms with Crippen molar-refractivity contribution in [1.29, 1.82) is 0 Å². The molecule has 2 aromatic carbocycles. The number of hydrogen-bond acceptors (Lipinski definition) is 8. The molecule has 0 spiro atoms. The fraction of sp³-hybridized carbons (Fsp3) is 0.217. The van der Waals surface area contributed by atoms with Crippen LogP contribution in [0, 0.1) is 6.92 Å². The highest BCUT2D eigenvalue weighted by Crippen LogP contribution is 2.49. The average Bonchev–Trinajstić information content (AvgIpc) is 3.55. The molecule has 1 aliphatic rings. The van der Waals surface area contributed by atoms with Gasteiger partial charge in [-0.15, -0.1) is 0 Å². The summed E-state index contributed by atoms with van der Waals surface area (Å²) in [6.07, 6.45) is 3.72. The Kier molecular flexibility index (Phi) is 4.97. The van der Waals surface area contributed by atoms with Crippen LogP contribution in [0.15, 0.2) is 45.7 Å². The summed E-state index contributed by atoms with van der Waals surface area (Å²) in [6.45, 7) is 1.89. The summed E-state index contributed by atoms with van der Waals surface area (Å²) in [5.41, 5.74) is 10.2. The van der Waals surface area contributed by atoms with Crippen LogP contribution in [0.5, 0.6) is 5.75 Å². The van der Waals surface area contributed by atoms with Gasteiger partial charge in [0.1, 0.15) is 11.6 Å². The zero-order valence-electron chi connectivity index (χ0n) is 18.1. The van der Waals surface area contributed by atoms with Gasteiger partial charge in [-0.05, 0) is 56.0 Å². The van der Waals surface area contributed by atoms with Gasteiger partial charge in [0.25, 0.3) is 5.91 Å². The van der Waals surface area contributed by atoms with E-state index in [1.165, 1.54) is 7.11 Å². The van der Waals surface area contributed by atoms with Crippen molar-refractivity contribution < 1.29 is 13.9 Å². The lowest BCUT2D eigenvalue weighted by atomic mass is 10.0. The number of methoxy groups -OCH3 is 1. The first-order valence-electron chi connectivity index (χ1n) is 10.4. The molecule has 0 aliphatic heterocycles. The maximum Gasteiger partial charge on any atom is 0.417 e. The molecule has 0 unspecified atom stereocenters. The number of benzene rings is 2. The lowest BCUT2D eigenvalue weighted by molar-refractivity contribution is 0.0997. The molecule has 168 valence electrons. The van der Waals surface area contributed by atoms with E-state index in [2.05, 4.69) is 25.6 Å². The number of carbonyl (C=O) groups excluding carboxylic acids is 1. The van der Waals surface area contributed by atoms with Crippen molar-refractivity contribution in [3.05, 3.63) is 63.8 Å². The van der Waals surface area contributed by atoms with Crippen LogP contribution >= 0.6 is 0 Å². The number of aryl methyl sites for hydroxylation is 1. The third kappa shape index (κ3) is 3.98. The third-order valence-electron chi connectivity index (χ3n) is 5.55. The Morgan fingerprint density at radius 3 is 2.79 bits per heavy atom. The van der Waals surface area contributed by atoms with Crippen LogP contribution in [-0.4, -0.2) is 28.0 Å². The maximum atomic E-state index is 11.8. The summed E-state index contributed by atoms with van der Waals surface area (Å²) in [5.74, 6) is 0.727. The van der Waals surface area contributed by atoms with Crippen molar-refractivity contribution in [3.8, 4) is 5.75 Å². The molecule has 0 bridgehead atoms. The fourth-order valence-electron chi connectivity index (χ4n) is 3.82. The number of oxazole rings is 1. The largest absolute Gasteiger partial charge is 0.496 e. The van der Waals surface area contributed by atoms with Gasteiger partial charge in [0.2, 0.25) is 5.95 Å². The van der Waals surface area contributed by atoms with E-state index in [-0.39, 0.29) is 5.92 Å². The van der Waals surface area contributed by atoms with E-state index in [1.54, 1.807) is 36.5 Å². The van der Waals surface area contributed by atoms with Crippen molar-refractivity contribution >= 4 is 40.1 Å². The zero-order valence-corrected chi connectivity index (χ0v) is 18.1. The Balaban J connectivity index is 1.47. The van der Waals surface area contributed by atoms with Crippen molar-refractivity contribution in [2.75, 3.05) is 17.7 Å². The highest BCUT2D eigenvalue weighted by atomic mass is 16.5. The van der Waals surface area contributed by atoms with Gasteiger partial charge in [0.15, 0.2) is 5.58 Å². The summed E-state index contributed by atoms with van der Waals surface area (Å²) >= 11 is 0. The molecule has 10 nitrogen and oxygen atoms in total. The molecule has 0 radical (unpaired) electrons. The van der Waals surface area contributed by atoms with Gasteiger partial charge in [-0.3, -0.25) is 9.78 Å². The van der Waals surface area contributed by atoms with Gasteiger partial charge in [-0.25, -0.2) is 9.78 Å². The molecule has 10 heteroatoms. The second-order valence-electron chi connectivity index (χ2n) is 7.95. The van der Waals surface area contributed by atoms with Crippen molar-refractivity contribution in [3.63, 3.8) is 0 Å². The van der Waals surface area contributed by atoms with E-state index in [0.717, 1.165) is 35.3 Å². The lowest BCUT2D eigenvalue weighted by Crippen LogP contribution is -2.14. The summed E-state index contributed by atoms with van der Waals surface area (Å²) in [5, 5.41) is 6.52. The minimum atomic E-state index is -0.533. The van der Waals surface area contributed by atoms with Gasteiger partial charge in [-0.2, -0.15) is 4.98 Å². The monoisotopic (exact) mass is 446 g/mol. The SMILES string of the molecule is COc1c(C(N)=O)ccc(Nc2ncc(C)c(Nc3ccc4oc(=O)[nH]c4c3)n2)c1C1CC1. The predicted octanol–water partition coefficient (Wildman–Crippen LogP) is 3.69. The number of rotatable bonds is 7. The number of anilines is 4. The van der Waals surface area contributed by atoms with Crippen molar-refractivity contribution in [1.82, 2.24) is 15.0 Å². The molecule has 1 saturated carbocycles. The van der Waals surface area contributed by atoms with Crippen LogP contribution in [0.25, 0.3) is 11.1 Å². The topological polar surface area (TPSA) is 148 Å². The van der Waals surface area contributed by atoms with E-state index >= 15 is 0 Å². The number of nitrogens with two attached hydrogens (primary N) is 1. The van der Waals surface area contributed by atoms with E-state index in [1.807, 2.05) is 6.92 Å². The van der Waals surface area contributed by atoms with E-state index in [0.29, 0.717) is 34.2 Å². The van der Waals surface area contributed by atoms with E-state index in [4.69, 9.17) is 14.9 Å². The maximum absolute atomic E-state index is 11.8. The molecule has 0 saturated heterocycles. The first-order valence-corrected chi connectivity index (χ1v) is 10.4. The smallest absolute Gasteiger partial charge is 0.417 e.